The molecule has 1 saturated heterocycles. The molecule has 13 heavy (non-hydrogen) atoms. The van der Waals surface area contributed by atoms with E-state index in [4.69, 9.17) is 5.73 Å². The van der Waals surface area contributed by atoms with Crippen molar-refractivity contribution in [3.8, 4) is 0 Å². The molecule has 0 saturated carbocycles. The molecule has 3 N–H and O–H groups in total. The Kier molecular flexibility index (Phi) is 8.77. The average Bonchev–Trinajstić information content (AvgIpc) is 2.03. The molecule has 0 unspecified atom stereocenters. The molecule has 0 aliphatic carbocycles. The van der Waals surface area contributed by atoms with Crippen LogP contribution in [0.25, 0.3) is 0 Å². The summed E-state index contributed by atoms with van der Waals surface area (Å²) in [6, 6.07) is 0.0906. The quantitative estimate of drug-likeness (QED) is 0.620. The summed E-state index contributed by atoms with van der Waals surface area (Å²) in [5.74, 6) is -0.212. The van der Waals surface area contributed by atoms with Gasteiger partial charge in [-0.1, -0.05) is 0 Å². The molecule has 1 aliphatic heterocycles. The van der Waals surface area contributed by atoms with Crippen LogP contribution in [0.5, 0.6) is 0 Å². The van der Waals surface area contributed by atoms with Crippen molar-refractivity contribution >= 4 is 30.8 Å². The Balaban J connectivity index is 0. The summed E-state index contributed by atoms with van der Waals surface area (Å²) in [5, 5.41) is 3.07. The molecule has 0 amide bonds. The zero-order valence-corrected chi connectivity index (χ0v) is 9.12. The van der Waals surface area contributed by atoms with Gasteiger partial charge in [0.15, 0.2) is 0 Å². The van der Waals surface area contributed by atoms with Gasteiger partial charge in [-0.25, -0.2) is 0 Å². The number of carbonyl (C=O) groups is 1. The first-order valence-electron chi connectivity index (χ1n) is 3.78. The van der Waals surface area contributed by atoms with Gasteiger partial charge in [0.1, 0.15) is 0 Å². The van der Waals surface area contributed by atoms with Gasteiger partial charge in [-0.3, -0.25) is 4.79 Å². The molecule has 2 atom stereocenters. The molecule has 1 heterocycles. The fourth-order valence-corrected chi connectivity index (χ4v) is 1.32. The third-order valence-electron chi connectivity index (χ3n) is 1.92. The Labute approximate surface area is 90.4 Å². The summed E-state index contributed by atoms with van der Waals surface area (Å²) >= 11 is 0. The number of carbonyl (C=O) groups excluding carboxylic acids is 1. The van der Waals surface area contributed by atoms with Crippen molar-refractivity contribution < 1.29 is 9.53 Å². The molecule has 1 fully saturated rings. The largest absolute Gasteiger partial charge is 0.469 e. The highest BCUT2D eigenvalue weighted by Crippen LogP contribution is 2.10. The molecule has 0 bridgehead atoms. The van der Waals surface area contributed by atoms with E-state index in [0.29, 0.717) is 6.54 Å². The van der Waals surface area contributed by atoms with E-state index in [9.17, 15) is 4.79 Å². The van der Waals surface area contributed by atoms with E-state index < -0.39 is 0 Å². The second-order valence-corrected chi connectivity index (χ2v) is 2.87. The van der Waals surface area contributed by atoms with Crippen molar-refractivity contribution in [3.05, 3.63) is 0 Å². The minimum absolute atomic E-state index is 0. The van der Waals surface area contributed by atoms with Crippen molar-refractivity contribution in [1.29, 1.82) is 0 Å². The van der Waals surface area contributed by atoms with Gasteiger partial charge in [0.2, 0.25) is 0 Å². The second-order valence-electron chi connectivity index (χ2n) is 2.87. The lowest BCUT2D eigenvalue weighted by molar-refractivity contribution is -0.146. The van der Waals surface area contributed by atoms with Crippen LogP contribution in [0.1, 0.15) is 6.42 Å². The van der Waals surface area contributed by atoms with Gasteiger partial charge < -0.3 is 15.8 Å². The van der Waals surface area contributed by atoms with Crippen LogP contribution >= 0.6 is 24.8 Å². The number of halogens is 2. The maximum Gasteiger partial charge on any atom is 0.310 e. The molecule has 0 aromatic heterocycles. The summed E-state index contributed by atoms with van der Waals surface area (Å²) in [5.41, 5.74) is 5.65. The van der Waals surface area contributed by atoms with Gasteiger partial charge in [0.05, 0.1) is 13.0 Å². The standard InChI is InChI=1S/C7H14N2O2.2ClH/c1-11-7(10)5-2-6(8)4-9-3-5;;/h5-6,9H,2-4,8H2,1H3;2*1H/t5-,6+;;/m1../s1. The fourth-order valence-electron chi connectivity index (χ4n) is 1.32. The molecule has 1 rings (SSSR count). The van der Waals surface area contributed by atoms with Crippen LogP contribution in [0.3, 0.4) is 0 Å². The van der Waals surface area contributed by atoms with Crippen LogP contribution in [0.4, 0.5) is 0 Å². The monoisotopic (exact) mass is 230 g/mol. The van der Waals surface area contributed by atoms with E-state index in [1.807, 2.05) is 0 Å². The van der Waals surface area contributed by atoms with E-state index in [1.54, 1.807) is 0 Å². The van der Waals surface area contributed by atoms with Crippen LogP contribution in [0.2, 0.25) is 0 Å². The van der Waals surface area contributed by atoms with Crippen molar-refractivity contribution in [2.24, 2.45) is 11.7 Å². The van der Waals surface area contributed by atoms with E-state index >= 15 is 0 Å². The van der Waals surface area contributed by atoms with Crippen LogP contribution in [-0.2, 0) is 9.53 Å². The van der Waals surface area contributed by atoms with E-state index in [0.717, 1.165) is 13.0 Å². The van der Waals surface area contributed by atoms with Crippen LogP contribution in [-0.4, -0.2) is 32.2 Å². The summed E-state index contributed by atoms with van der Waals surface area (Å²) in [6.45, 7) is 1.49. The number of piperidine rings is 1. The number of esters is 1. The first kappa shape index (κ1) is 15.4. The summed E-state index contributed by atoms with van der Waals surface area (Å²) < 4.78 is 4.60. The fraction of sp³-hybridized carbons (Fsp3) is 0.857. The lowest BCUT2D eigenvalue weighted by atomic mass is 9.97. The van der Waals surface area contributed by atoms with Crippen LogP contribution in [0.15, 0.2) is 0 Å². The minimum atomic E-state index is -0.160. The number of nitrogens with two attached hydrogens (primary N) is 1. The predicted molar refractivity (Wildman–Crippen MR) is 55.5 cm³/mol. The lowest BCUT2D eigenvalue weighted by Gasteiger charge is -2.25. The zero-order valence-electron chi connectivity index (χ0n) is 7.49. The van der Waals surface area contributed by atoms with Gasteiger partial charge in [-0.15, -0.1) is 24.8 Å². The molecule has 0 aromatic rings. The number of nitrogens with one attached hydrogen (secondary N) is 1. The normalized spacial score (nSPS) is 26.6. The smallest absolute Gasteiger partial charge is 0.310 e. The molecule has 6 heteroatoms. The number of hydrogen-bond donors (Lipinski definition) is 2. The topological polar surface area (TPSA) is 64.3 Å². The van der Waals surface area contributed by atoms with E-state index in [-0.39, 0.29) is 42.7 Å². The Hall–Kier alpha value is -0.0300. The van der Waals surface area contributed by atoms with Gasteiger partial charge >= 0.3 is 5.97 Å². The Morgan fingerprint density at radius 1 is 1.46 bits per heavy atom. The van der Waals surface area contributed by atoms with Gasteiger partial charge in [-0.2, -0.15) is 0 Å². The molecule has 80 valence electrons. The zero-order chi connectivity index (χ0) is 8.27. The van der Waals surface area contributed by atoms with Crippen LogP contribution in [0, 0.1) is 5.92 Å². The van der Waals surface area contributed by atoms with Crippen molar-refractivity contribution in [2.75, 3.05) is 20.2 Å². The predicted octanol–water partition coefficient (Wildman–Crippen LogP) is -0.0602. The highest BCUT2D eigenvalue weighted by Gasteiger charge is 2.25. The van der Waals surface area contributed by atoms with Gasteiger partial charge in [0.25, 0.3) is 0 Å². The minimum Gasteiger partial charge on any atom is -0.469 e. The number of methoxy groups -OCH3 is 1. The third kappa shape index (κ3) is 4.67. The summed E-state index contributed by atoms with van der Waals surface area (Å²) in [7, 11) is 1.41. The Bertz CT molecular complexity index is 157. The SMILES string of the molecule is COC(=O)[C@H]1CNC[C@@H](N)C1.Cl.Cl. The molecule has 0 spiro atoms. The maximum absolute atomic E-state index is 11.0. The highest BCUT2D eigenvalue weighted by molar-refractivity contribution is 5.85. The van der Waals surface area contributed by atoms with E-state index in [1.165, 1.54) is 7.11 Å². The van der Waals surface area contributed by atoms with Crippen LogP contribution < -0.4 is 11.1 Å². The van der Waals surface area contributed by atoms with Gasteiger partial charge in [0, 0.05) is 19.1 Å². The Morgan fingerprint density at radius 3 is 2.54 bits per heavy atom. The van der Waals surface area contributed by atoms with E-state index in [2.05, 4.69) is 10.1 Å². The third-order valence-corrected chi connectivity index (χ3v) is 1.92. The molecule has 1 aliphatic rings. The number of rotatable bonds is 1. The van der Waals surface area contributed by atoms with Crippen molar-refractivity contribution in [1.82, 2.24) is 5.32 Å². The lowest BCUT2D eigenvalue weighted by Crippen LogP contribution is -2.46. The second kappa shape index (κ2) is 7.38. The first-order valence-corrected chi connectivity index (χ1v) is 3.78. The molecule has 0 radical (unpaired) electrons. The van der Waals surface area contributed by atoms with Gasteiger partial charge in [-0.05, 0) is 6.42 Å². The summed E-state index contributed by atoms with van der Waals surface area (Å²) in [6.07, 6.45) is 0.736. The number of ether oxygens (including phenoxy) is 1. The average molecular weight is 231 g/mol. The van der Waals surface area contributed by atoms with Crippen molar-refractivity contribution in [3.63, 3.8) is 0 Å². The molecule has 4 nitrogen and oxygen atoms in total. The summed E-state index contributed by atoms with van der Waals surface area (Å²) in [4.78, 5) is 11.0. The molecule has 0 aromatic carbocycles. The number of hydrogen-bond acceptors (Lipinski definition) is 4. The molecular weight excluding hydrogens is 215 g/mol. The first-order chi connectivity index (χ1) is 5.24. The highest BCUT2D eigenvalue weighted by atomic mass is 35.5. The maximum atomic E-state index is 11.0. The Morgan fingerprint density at radius 2 is 2.08 bits per heavy atom. The van der Waals surface area contributed by atoms with Crippen molar-refractivity contribution in [2.45, 2.75) is 12.5 Å². The molecular formula is C7H16Cl2N2O2.